The van der Waals surface area contributed by atoms with Gasteiger partial charge in [-0.3, -0.25) is 14.4 Å². The minimum absolute atomic E-state index is 0.0777. The maximum absolute atomic E-state index is 12.8. The molecule has 60 heavy (non-hydrogen) atoms. The van der Waals surface area contributed by atoms with E-state index in [1.54, 1.807) is 0 Å². The van der Waals surface area contributed by atoms with Crippen LogP contribution in [0.1, 0.15) is 271 Å². The van der Waals surface area contributed by atoms with Gasteiger partial charge in [0.2, 0.25) is 0 Å². The zero-order valence-electron chi connectivity index (χ0n) is 40.0. The third-order valence-corrected chi connectivity index (χ3v) is 11.3. The number of carbonyl (C=O) groups is 3. The topological polar surface area (TPSA) is 78.9 Å². The molecule has 0 aliphatic heterocycles. The first-order valence-corrected chi connectivity index (χ1v) is 26.0. The van der Waals surface area contributed by atoms with Crippen LogP contribution in [-0.4, -0.2) is 37.2 Å². The largest absolute Gasteiger partial charge is 0.462 e. The van der Waals surface area contributed by atoms with Crippen molar-refractivity contribution in [2.75, 3.05) is 13.2 Å². The number of allylic oxidation sites excluding steroid dienone is 6. The molecule has 0 aromatic carbocycles. The van der Waals surface area contributed by atoms with Gasteiger partial charge in [0, 0.05) is 19.3 Å². The van der Waals surface area contributed by atoms with Gasteiger partial charge < -0.3 is 14.2 Å². The summed E-state index contributed by atoms with van der Waals surface area (Å²) < 4.78 is 16.8. The highest BCUT2D eigenvalue weighted by atomic mass is 16.6. The Morgan fingerprint density at radius 1 is 0.333 bits per heavy atom. The molecule has 0 radical (unpaired) electrons. The number of esters is 3. The molecule has 1 unspecified atom stereocenters. The maximum atomic E-state index is 12.8. The van der Waals surface area contributed by atoms with Crippen LogP contribution >= 0.6 is 0 Å². The van der Waals surface area contributed by atoms with Gasteiger partial charge in [-0.05, 0) is 64.2 Å². The van der Waals surface area contributed by atoms with Crippen molar-refractivity contribution in [2.45, 2.75) is 277 Å². The molecular formula is C54H98O6. The monoisotopic (exact) mass is 843 g/mol. The van der Waals surface area contributed by atoms with E-state index in [9.17, 15) is 14.4 Å². The molecule has 0 rings (SSSR count). The molecule has 0 fully saturated rings. The van der Waals surface area contributed by atoms with Crippen molar-refractivity contribution in [3.63, 3.8) is 0 Å². The standard InChI is InChI=1S/C54H98O6/c1-4-7-10-13-16-19-22-24-26-27-28-29-31-32-35-38-41-44-47-53(56)59-50-51(49-58-52(55)46-43-40-37-34-21-18-15-12-9-6-3)60-54(57)48-45-42-39-36-33-30-25-23-20-17-14-11-8-5-2/h12,14-15,17,23,25,51H,4-11,13,16,18-22,24,26-50H2,1-3H3/b15-12-,17-14-,25-23-. The molecule has 0 amide bonds. The fraction of sp³-hybridized carbons (Fsp3) is 0.833. The molecule has 0 N–H and O–H groups in total. The molecule has 0 aromatic rings. The Morgan fingerprint density at radius 2 is 0.650 bits per heavy atom. The lowest BCUT2D eigenvalue weighted by atomic mass is 10.0. The maximum Gasteiger partial charge on any atom is 0.306 e. The molecule has 0 aliphatic rings. The van der Waals surface area contributed by atoms with Crippen LogP contribution < -0.4 is 0 Å². The molecule has 350 valence electrons. The highest BCUT2D eigenvalue weighted by Gasteiger charge is 2.19. The molecule has 6 heteroatoms. The lowest BCUT2D eigenvalue weighted by molar-refractivity contribution is -0.167. The van der Waals surface area contributed by atoms with Crippen LogP contribution in [-0.2, 0) is 28.6 Å². The third-order valence-electron chi connectivity index (χ3n) is 11.3. The molecule has 0 saturated carbocycles. The molecule has 1 atom stereocenters. The van der Waals surface area contributed by atoms with E-state index in [1.165, 1.54) is 135 Å². The van der Waals surface area contributed by atoms with Gasteiger partial charge in [0.25, 0.3) is 0 Å². The second kappa shape index (κ2) is 49.3. The van der Waals surface area contributed by atoms with Crippen LogP contribution in [0.15, 0.2) is 36.5 Å². The molecular weight excluding hydrogens is 745 g/mol. The summed E-state index contributed by atoms with van der Waals surface area (Å²) in [4.78, 5) is 37.9. The van der Waals surface area contributed by atoms with E-state index in [-0.39, 0.29) is 31.1 Å². The highest BCUT2D eigenvalue weighted by molar-refractivity contribution is 5.71. The summed E-state index contributed by atoms with van der Waals surface area (Å²) >= 11 is 0. The Kier molecular flexibility index (Phi) is 47.3. The smallest absolute Gasteiger partial charge is 0.306 e. The first-order valence-electron chi connectivity index (χ1n) is 26.0. The summed E-state index contributed by atoms with van der Waals surface area (Å²) in [5.74, 6) is -0.893. The molecule has 0 aromatic heterocycles. The molecule has 6 nitrogen and oxygen atoms in total. The van der Waals surface area contributed by atoms with Crippen LogP contribution in [0.2, 0.25) is 0 Å². The van der Waals surface area contributed by atoms with Crippen LogP contribution in [0.25, 0.3) is 0 Å². The number of ether oxygens (including phenoxy) is 3. The highest BCUT2D eigenvalue weighted by Crippen LogP contribution is 2.16. The van der Waals surface area contributed by atoms with E-state index in [1.807, 2.05) is 0 Å². The van der Waals surface area contributed by atoms with Gasteiger partial charge >= 0.3 is 17.9 Å². The second-order valence-corrected chi connectivity index (χ2v) is 17.4. The first kappa shape index (κ1) is 57.6. The summed E-state index contributed by atoms with van der Waals surface area (Å²) in [6.07, 6.45) is 57.0. The Bertz CT molecular complexity index is 1020. The lowest BCUT2D eigenvalue weighted by Gasteiger charge is -2.18. The minimum Gasteiger partial charge on any atom is -0.462 e. The second-order valence-electron chi connectivity index (χ2n) is 17.4. The van der Waals surface area contributed by atoms with Gasteiger partial charge in [0.1, 0.15) is 13.2 Å². The van der Waals surface area contributed by atoms with Gasteiger partial charge in [-0.1, -0.05) is 224 Å². The third kappa shape index (κ3) is 46.7. The Labute approximate surface area is 372 Å². The van der Waals surface area contributed by atoms with Crippen molar-refractivity contribution in [2.24, 2.45) is 0 Å². The van der Waals surface area contributed by atoms with Crippen LogP contribution in [0.4, 0.5) is 0 Å². The number of hydrogen-bond acceptors (Lipinski definition) is 6. The summed E-state index contributed by atoms with van der Waals surface area (Å²) in [5, 5.41) is 0. The summed E-state index contributed by atoms with van der Waals surface area (Å²) in [5.41, 5.74) is 0. The average Bonchev–Trinajstić information content (AvgIpc) is 3.24. The quantitative estimate of drug-likeness (QED) is 0.0263. The van der Waals surface area contributed by atoms with Crippen molar-refractivity contribution >= 4 is 17.9 Å². The van der Waals surface area contributed by atoms with Gasteiger partial charge in [-0.25, -0.2) is 0 Å². The van der Waals surface area contributed by atoms with E-state index < -0.39 is 6.10 Å². The Morgan fingerprint density at radius 3 is 1.05 bits per heavy atom. The van der Waals surface area contributed by atoms with Crippen LogP contribution in [0, 0.1) is 0 Å². The number of carbonyl (C=O) groups excluding carboxylic acids is 3. The van der Waals surface area contributed by atoms with Crippen molar-refractivity contribution < 1.29 is 28.6 Å². The van der Waals surface area contributed by atoms with Crippen molar-refractivity contribution in [1.82, 2.24) is 0 Å². The fourth-order valence-corrected chi connectivity index (χ4v) is 7.40. The van der Waals surface area contributed by atoms with Crippen LogP contribution in [0.3, 0.4) is 0 Å². The van der Waals surface area contributed by atoms with E-state index in [0.717, 1.165) is 96.3 Å². The molecule has 0 aliphatic carbocycles. The van der Waals surface area contributed by atoms with Gasteiger partial charge in [0.05, 0.1) is 0 Å². The number of rotatable bonds is 47. The lowest BCUT2D eigenvalue weighted by Crippen LogP contribution is -2.30. The SMILES string of the molecule is CCC/C=C\CCCCCCCC(=O)OCC(COC(=O)CCCCCCCCCCCCCCCCCCCC)OC(=O)CCCCCCC/C=C\C/C=C\CCCC. The molecule has 0 saturated heterocycles. The van der Waals surface area contributed by atoms with Gasteiger partial charge in [-0.15, -0.1) is 0 Å². The summed E-state index contributed by atoms with van der Waals surface area (Å²) in [6.45, 7) is 6.54. The minimum atomic E-state index is -0.778. The summed E-state index contributed by atoms with van der Waals surface area (Å²) in [6, 6.07) is 0. The number of unbranched alkanes of at least 4 members (excludes halogenated alkanes) is 30. The van der Waals surface area contributed by atoms with Crippen LogP contribution in [0.5, 0.6) is 0 Å². The molecule has 0 heterocycles. The summed E-state index contributed by atoms with van der Waals surface area (Å²) in [7, 11) is 0. The zero-order valence-corrected chi connectivity index (χ0v) is 40.0. The predicted molar refractivity (Wildman–Crippen MR) is 256 cm³/mol. The van der Waals surface area contributed by atoms with Gasteiger partial charge in [0.15, 0.2) is 6.10 Å². The first-order chi connectivity index (χ1) is 29.5. The van der Waals surface area contributed by atoms with Gasteiger partial charge in [-0.2, -0.15) is 0 Å². The van der Waals surface area contributed by atoms with Crippen molar-refractivity contribution in [3.05, 3.63) is 36.5 Å². The normalized spacial score (nSPS) is 12.2. The van der Waals surface area contributed by atoms with E-state index in [2.05, 4.69) is 57.2 Å². The zero-order chi connectivity index (χ0) is 43.7. The van der Waals surface area contributed by atoms with Crippen molar-refractivity contribution in [3.8, 4) is 0 Å². The van der Waals surface area contributed by atoms with E-state index >= 15 is 0 Å². The Balaban J connectivity index is 4.31. The van der Waals surface area contributed by atoms with E-state index in [0.29, 0.717) is 19.3 Å². The predicted octanol–water partition coefficient (Wildman–Crippen LogP) is 16.9. The molecule has 0 bridgehead atoms. The van der Waals surface area contributed by atoms with Crippen molar-refractivity contribution in [1.29, 1.82) is 0 Å². The molecule has 0 spiro atoms. The van der Waals surface area contributed by atoms with E-state index in [4.69, 9.17) is 14.2 Å². The Hall–Kier alpha value is -2.37. The number of hydrogen-bond donors (Lipinski definition) is 0. The fourth-order valence-electron chi connectivity index (χ4n) is 7.40. The average molecular weight is 843 g/mol.